The molecule has 1 N–H and O–H groups in total. The number of rotatable bonds is 6. The Labute approximate surface area is 145 Å². The second kappa shape index (κ2) is 8.29. The minimum atomic E-state index is 0.0907. The second-order valence-electron chi connectivity index (χ2n) is 6.97. The molecule has 1 fully saturated rings. The molecule has 24 heavy (non-hydrogen) atoms. The first-order valence-electron chi connectivity index (χ1n) is 8.74. The van der Waals surface area contributed by atoms with Crippen LogP contribution in [0.2, 0.25) is 0 Å². The smallest absolute Gasteiger partial charge is 0.234 e. The molecule has 1 aromatic rings. The van der Waals surface area contributed by atoms with E-state index < -0.39 is 0 Å². The van der Waals surface area contributed by atoms with Gasteiger partial charge in [-0.3, -0.25) is 14.5 Å². The lowest BCUT2D eigenvalue weighted by Crippen LogP contribution is -2.50. The molecule has 0 spiro atoms. The molecule has 0 unspecified atom stereocenters. The van der Waals surface area contributed by atoms with Crippen LogP contribution < -0.4 is 10.2 Å². The third-order valence-electron chi connectivity index (χ3n) is 4.77. The van der Waals surface area contributed by atoms with Gasteiger partial charge < -0.3 is 10.2 Å². The highest BCUT2D eigenvalue weighted by Crippen LogP contribution is 2.17. The number of hydrogen-bond acceptors (Lipinski definition) is 4. The first-order valence-corrected chi connectivity index (χ1v) is 8.74. The van der Waals surface area contributed by atoms with Crippen molar-refractivity contribution in [1.82, 2.24) is 10.2 Å². The Morgan fingerprint density at radius 3 is 2.12 bits per heavy atom. The second-order valence-corrected chi connectivity index (χ2v) is 6.97. The Morgan fingerprint density at radius 2 is 1.62 bits per heavy atom. The molecule has 0 aromatic heterocycles. The fourth-order valence-electron chi connectivity index (χ4n) is 2.74. The van der Waals surface area contributed by atoms with E-state index in [1.807, 2.05) is 31.2 Å². The number of benzene rings is 1. The number of nitrogens with zero attached hydrogens (tertiary/aromatic N) is 2. The molecule has 1 aromatic carbocycles. The molecule has 0 radical (unpaired) electrons. The largest absolute Gasteiger partial charge is 0.369 e. The number of piperazine rings is 1. The van der Waals surface area contributed by atoms with Crippen LogP contribution >= 0.6 is 0 Å². The van der Waals surface area contributed by atoms with Crippen molar-refractivity contribution in [3.05, 3.63) is 29.8 Å². The van der Waals surface area contributed by atoms with Crippen LogP contribution in [0, 0.1) is 5.92 Å². The zero-order chi connectivity index (χ0) is 17.7. The molecule has 1 heterocycles. The van der Waals surface area contributed by atoms with Gasteiger partial charge in [-0.25, -0.2) is 0 Å². The van der Waals surface area contributed by atoms with Gasteiger partial charge in [-0.1, -0.05) is 13.8 Å². The van der Waals surface area contributed by atoms with Gasteiger partial charge >= 0.3 is 0 Å². The Bertz CT molecular complexity index is 560. The lowest BCUT2D eigenvalue weighted by atomic mass is 10.1. The molecular formula is C19H29N3O2. The van der Waals surface area contributed by atoms with E-state index in [-0.39, 0.29) is 17.7 Å². The minimum absolute atomic E-state index is 0.0907. The lowest BCUT2D eigenvalue weighted by Gasteiger charge is -2.36. The van der Waals surface area contributed by atoms with Crippen LogP contribution in [0.15, 0.2) is 24.3 Å². The molecule has 1 amide bonds. The van der Waals surface area contributed by atoms with Crippen molar-refractivity contribution >= 4 is 17.4 Å². The van der Waals surface area contributed by atoms with Gasteiger partial charge in [0.25, 0.3) is 0 Å². The Morgan fingerprint density at radius 1 is 1.04 bits per heavy atom. The third-order valence-corrected chi connectivity index (χ3v) is 4.77. The van der Waals surface area contributed by atoms with Gasteiger partial charge in [0.1, 0.15) is 0 Å². The first-order chi connectivity index (χ1) is 11.4. The Balaban J connectivity index is 1.80. The van der Waals surface area contributed by atoms with Gasteiger partial charge in [0.15, 0.2) is 5.78 Å². The van der Waals surface area contributed by atoms with Gasteiger partial charge in [-0.15, -0.1) is 0 Å². The molecule has 5 nitrogen and oxygen atoms in total. The van der Waals surface area contributed by atoms with Crippen LogP contribution in [-0.2, 0) is 4.79 Å². The van der Waals surface area contributed by atoms with E-state index in [0.717, 1.165) is 37.4 Å². The number of ketones is 1. The lowest BCUT2D eigenvalue weighted by molar-refractivity contribution is -0.123. The van der Waals surface area contributed by atoms with E-state index >= 15 is 0 Å². The number of carbonyl (C=O) groups excluding carboxylic acids is 2. The average molecular weight is 331 g/mol. The van der Waals surface area contributed by atoms with Crippen LogP contribution in [-0.4, -0.2) is 55.4 Å². The summed E-state index contributed by atoms with van der Waals surface area (Å²) in [6.07, 6.45) is 0. The van der Waals surface area contributed by atoms with Crippen LogP contribution in [0.1, 0.15) is 38.1 Å². The molecule has 132 valence electrons. The predicted octanol–water partition coefficient (Wildman–Crippen LogP) is 2.17. The van der Waals surface area contributed by atoms with Gasteiger partial charge in [0, 0.05) is 43.5 Å². The van der Waals surface area contributed by atoms with E-state index in [1.165, 1.54) is 0 Å². The highest BCUT2D eigenvalue weighted by atomic mass is 16.2. The average Bonchev–Trinajstić information content (AvgIpc) is 2.55. The summed E-state index contributed by atoms with van der Waals surface area (Å²) < 4.78 is 0. The number of Topliss-reactive ketones (excluding diaryl/α,β-unsaturated/α-hetero) is 1. The van der Waals surface area contributed by atoms with Crippen molar-refractivity contribution in [2.45, 2.75) is 33.7 Å². The van der Waals surface area contributed by atoms with Crippen molar-refractivity contribution in [3.63, 3.8) is 0 Å². The summed E-state index contributed by atoms with van der Waals surface area (Å²) in [6.45, 7) is 11.9. The summed E-state index contributed by atoms with van der Waals surface area (Å²) in [6, 6.07) is 7.97. The summed E-state index contributed by atoms with van der Waals surface area (Å²) in [5.74, 6) is 0.646. The first kappa shape index (κ1) is 18.5. The fraction of sp³-hybridized carbons (Fsp3) is 0.579. The van der Waals surface area contributed by atoms with Gasteiger partial charge in [0.2, 0.25) is 5.91 Å². The quantitative estimate of drug-likeness (QED) is 0.812. The zero-order valence-electron chi connectivity index (χ0n) is 15.2. The number of nitrogens with one attached hydrogen (secondary N) is 1. The van der Waals surface area contributed by atoms with Crippen molar-refractivity contribution < 1.29 is 9.59 Å². The summed E-state index contributed by atoms with van der Waals surface area (Å²) in [7, 11) is 0. The predicted molar refractivity (Wildman–Crippen MR) is 97.5 cm³/mol. The Kier molecular flexibility index (Phi) is 6.37. The van der Waals surface area contributed by atoms with Crippen molar-refractivity contribution in [1.29, 1.82) is 0 Å². The van der Waals surface area contributed by atoms with Crippen LogP contribution in [0.25, 0.3) is 0 Å². The standard InChI is InChI=1S/C19H29N3O2/c1-14(2)15(3)20-19(24)13-21-9-11-22(12-10-21)18-7-5-17(6-8-18)16(4)23/h5-8,14-15H,9-13H2,1-4H3,(H,20,24)/t15-/m1/s1. The third kappa shape index (κ3) is 5.06. The fourth-order valence-corrected chi connectivity index (χ4v) is 2.74. The highest BCUT2D eigenvalue weighted by molar-refractivity contribution is 5.94. The minimum Gasteiger partial charge on any atom is -0.369 e. The molecule has 1 aliphatic rings. The summed E-state index contributed by atoms with van der Waals surface area (Å²) in [5.41, 5.74) is 1.88. The van der Waals surface area contributed by atoms with Gasteiger partial charge in [-0.2, -0.15) is 0 Å². The number of carbonyl (C=O) groups is 2. The SMILES string of the molecule is CC(=O)c1ccc(N2CCN(CC(=O)N[C@H](C)C(C)C)CC2)cc1. The number of hydrogen-bond donors (Lipinski definition) is 1. The highest BCUT2D eigenvalue weighted by Gasteiger charge is 2.20. The van der Waals surface area contributed by atoms with Crippen LogP contribution in [0.4, 0.5) is 5.69 Å². The zero-order valence-corrected chi connectivity index (χ0v) is 15.2. The molecule has 0 saturated carbocycles. The summed E-state index contributed by atoms with van der Waals surface area (Å²) in [5, 5.41) is 3.06. The van der Waals surface area contributed by atoms with E-state index in [2.05, 4.69) is 29.0 Å². The maximum absolute atomic E-state index is 12.1. The van der Waals surface area contributed by atoms with E-state index in [0.29, 0.717) is 12.5 Å². The molecule has 1 atom stereocenters. The summed E-state index contributed by atoms with van der Waals surface area (Å²) in [4.78, 5) is 27.9. The molecule has 1 aliphatic heterocycles. The van der Waals surface area contributed by atoms with E-state index in [9.17, 15) is 9.59 Å². The monoisotopic (exact) mass is 331 g/mol. The van der Waals surface area contributed by atoms with Crippen molar-refractivity contribution in [2.75, 3.05) is 37.6 Å². The Hall–Kier alpha value is -1.88. The van der Waals surface area contributed by atoms with E-state index in [1.54, 1.807) is 6.92 Å². The molecule has 5 heteroatoms. The molecular weight excluding hydrogens is 302 g/mol. The summed E-state index contributed by atoms with van der Waals surface area (Å²) >= 11 is 0. The number of amides is 1. The molecule has 1 saturated heterocycles. The number of anilines is 1. The van der Waals surface area contributed by atoms with E-state index in [4.69, 9.17) is 0 Å². The van der Waals surface area contributed by atoms with Crippen LogP contribution in [0.5, 0.6) is 0 Å². The maximum Gasteiger partial charge on any atom is 0.234 e. The van der Waals surface area contributed by atoms with Gasteiger partial charge in [-0.05, 0) is 44.0 Å². The molecule has 2 rings (SSSR count). The van der Waals surface area contributed by atoms with Crippen LogP contribution in [0.3, 0.4) is 0 Å². The maximum atomic E-state index is 12.1. The topological polar surface area (TPSA) is 52.7 Å². The normalized spacial score (nSPS) is 17.0. The van der Waals surface area contributed by atoms with Gasteiger partial charge in [0.05, 0.1) is 6.54 Å². The van der Waals surface area contributed by atoms with Crippen molar-refractivity contribution in [3.8, 4) is 0 Å². The molecule has 0 aliphatic carbocycles. The van der Waals surface area contributed by atoms with Crippen molar-refractivity contribution in [2.24, 2.45) is 5.92 Å². The molecule has 0 bridgehead atoms.